The number of ether oxygens (including phenoxy) is 2. The van der Waals surface area contributed by atoms with Crippen molar-refractivity contribution in [2.24, 2.45) is 7.05 Å². The summed E-state index contributed by atoms with van der Waals surface area (Å²) in [5.41, 5.74) is 2.51. The fourth-order valence-corrected chi connectivity index (χ4v) is 2.75. The lowest BCUT2D eigenvalue weighted by Gasteiger charge is -2.27. The average Bonchev–Trinajstić information content (AvgIpc) is 2.82. The second-order valence-corrected chi connectivity index (χ2v) is 5.28. The lowest BCUT2D eigenvalue weighted by atomic mass is 10.1. The van der Waals surface area contributed by atoms with Gasteiger partial charge in [-0.15, -0.1) is 0 Å². The van der Waals surface area contributed by atoms with E-state index in [-0.39, 0.29) is 5.91 Å². The van der Waals surface area contributed by atoms with E-state index in [2.05, 4.69) is 5.10 Å². The summed E-state index contributed by atoms with van der Waals surface area (Å²) in [5, 5.41) is 4.34. The highest BCUT2D eigenvalue weighted by Crippen LogP contribution is 2.34. The molecule has 0 spiro atoms. The van der Waals surface area contributed by atoms with Gasteiger partial charge in [-0.25, -0.2) is 4.68 Å². The second-order valence-electron chi connectivity index (χ2n) is 5.28. The lowest BCUT2D eigenvalue weighted by Crippen LogP contribution is -2.39. The van der Waals surface area contributed by atoms with Crippen LogP contribution in [-0.4, -0.2) is 35.9 Å². The predicted octanol–water partition coefficient (Wildman–Crippen LogP) is 1.71. The maximum Gasteiger partial charge on any atom is 0.236 e. The van der Waals surface area contributed by atoms with Gasteiger partial charge in [-0.05, 0) is 24.6 Å². The quantitative estimate of drug-likeness (QED) is 0.866. The smallest absolute Gasteiger partial charge is 0.236 e. The first-order valence-electron chi connectivity index (χ1n) is 7.20. The molecule has 1 aliphatic heterocycles. The molecule has 116 valence electrons. The Hall–Kier alpha value is -2.50. The van der Waals surface area contributed by atoms with Crippen molar-refractivity contribution in [1.82, 2.24) is 9.78 Å². The van der Waals surface area contributed by atoms with Gasteiger partial charge in [-0.3, -0.25) is 4.79 Å². The van der Waals surface area contributed by atoms with Crippen LogP contribution in [0.1, 0.15) is 11.3 Å². The topological polar surface area (TPSA) is 56.6 Å². The van der Waals surface area contributed by atoms with Crippen molar-refractivity contribution in [2.45, 2.75) is 13.3 Å². The minimum absolute atomic E-state index is 0.0360. The van der Waals surface area contributed by atoms with Crippen LogP contribution in [0.2, 0.25) is 0 Å². The Morgan fingerprint density at radius 2 is 2.27 bits per heavy atom. The van der Waals surface area contributed by atoms with Crippen LogP contribution in [0.15, 0.2) is 24.3 Å². The molecule has 0 aliphatic carbocycles. The summed E-state index contributed by atoms with van der Waals surface area (Å²) in [5.74, 6) is 1.45. The Labute approximate surface area is 129 Å². The van der Waals surface area contributed by atoms with Crippen LogP contribution in [0.4, 0.5) is 5.69 Å². The fraction of sp³-hybridized carbons (Fsp3) is 0.375. The maximum atomic E-state index is 12.7. The number of carbonyl (C=O) groups excluding carboxylic acids is 1. The number of rotatable bonds is 3. The second kappa shape index (κ2) is 5.71. The third-order valence-electron chi connectivity index (χ3n) is 3.75. The first-order chi connectivity index (χ1) is 10.6. The minimum Gasteiger partial charge on any atom is -0.497 e. The summed E-state index contributed by atoms with van der Waals surface area (Å²) < 4.78 is 12.5. The number of amides is 1. The van der Waals surface area contributed by atoms with Gasteiger partial charge in [0.15, 0.2) is 0 Å². The minimum atomic E-state index is 0.0360. The molecule has 1 amide bonds. The molecule has 0 fully saturated rings. The highest BCUT2D eigenvalue weighted by molar-refractivity contribution is 5.97. The third kappa shape index (κ3) is 2.52. The molecule has 2 heterocycles. The molecule has 0 N–H and O–H groups in total. The standard InChI is InChI=1S/C16H19N3O3/c1-11-15-16(18(2)17-11)22-8-7-19(15)14(20)10-12-5-4-6-13(9-12)21-3/h4-6,9H,7-8,10H2,1-3H3. The molecule has 0 unspecified atom stereocenters. The zero-order valence-electron chi connectivity index (χ0n) is 13.0. The van der Waals surface area contributed by atoms with Crippen LogP contribution in [0.25, 0.3) is 0 Å². The van der Waals surface area contributed by atoms with Crippen LogP contribution < -0.4 is 14.4 Å². The van der Waals surface area contributed by atoms with Gasteiger partial charge >= 0.3 is 0 Å². The van der Waals surface area contributed by atoms with Crippen LogP contribution >= 0.6 is 0 Å². The van der Waals surface area contributed by atoms with Gasteiger partial charge in [0.2, 0.25) is 11.8 Å². The SMILES string of the molecule is COc1cccc(CC(=O)N2CCOc3c2c(C)nn3C)c1. The molecule has 0 bridgehead atoms. The number of fused-ring (bicyclic) bond motifs is 1. The van der Waals surface area contributed by atoms with E-state index < -0.39 is 0 Å². The Kier molecular flexibility index (Phi) is 3.75. The number of hydrogen-bond donors (Lipinski definition) is 0. The Balaban J connectivity index is 1.84. The van der Waals surface area contributed by atoms with Crippen molar-refractivity contribution in [1.29, 1.82) is 0 Å². The zero-order chi connectivity index (χ0) is 15.7. The highest BCUT2D eigenvalue weighted by Gasteiger charge is 2.29. The number of benzene rings is 1. The average molecular weight is 301 g/mol. The van der Waals surface area contributed by atoms with E-state index in [9.17, 15) is 4.79 Å². The van der Waals surface area contributed by atoms with Crippen molar-refractivity contribution in [3.05, 3.63) is 35.5 Å². The van der Waals surface area contributed by atoms with Crippen LogP contribution in [-0.2, 0) is 18.3 Å². The van der Waals surface area contributed by atoms with Gasteiger partial charge in [0.1, 0.15) is 18.0 Å². The van der Waals surface area contributed by atoms with Crippen LogP contribution in [0.3, 0.4) is 0 Å². The number of carbonyl (C=O) groups is 1. The number of nitrogens with zero attached hydrogens (tertiary/aromatic N) is 3. The number of aromatic nitrogens is 2. The normalized spacial score (nSPS) is 13.5. The van der Waals surface area contributed by atoms with Crippen LogP contribution in [0, 0.1) is 6.92 Å². The summed E-state index contributed by atoms with van der Waals surface area (Å²) in [6, 6.07) is 7.57. The number of methoxy groups -OCH3 is 1. The molecule has 0 saturated heterocycles. The molecule has 1 aliphatic rings. The van der Waals surface area contributed by atoms with Gasteiger partial charge in [0.05, 0.1) is 25.8 Å². The first kappa shape index (κ1) is 14.4. The van der Waals surface area contributed by atoms with Gasteiger partial charge in [-0.1, -0.05) is 12.1 Å². The number of aryl methyl sites for hydroxylation is 2. The van der Waals surface area contributed by atoms with Crippen molar-refractivity contribution < 1.29 is 14.3 Å². The van der Waals surface area contributed by atoms with E-state index in [1.54, 1.807) is 16.7 Å². The molecular weight excluding hydrogens is 282 g/mol. The van der Waals surface area contributed by atoms with Gasteiger partial charge < -0.3 is 14.4 Å². The van der Waals surface area contributed by atoms with Crippen molar-refractivity contribution in [2.75, 3.05) is 25.2 Å². The summed E-state index contributed by atoms with van der Waals surface area (Å²) in [6.45, 7) is 2.91. The van der Waals surface area contributed by atoms with Crippen molar-refractivity contribution in [3.63, 3.8) is 0 Å². The number of anilines is 1. The molecule has 0 saturated carbocycles. The molecule has 0 radical (unpaired) electrons. The molecule has 6 heteroatoms. The lowest BCUT2D eigenvalue weighted by molar-refractivity contribution is -0.118. The van der Waals surface area contributed by atoms with E-state index in [1.165, 1.54) is 0 Å². The molecule has 6 nitrogen and oxygen atoms in total. The predicted molar refractivity (Wildman–Crippen MR) is 82.5 cm³/mol. The summed E-state index contributed by atoms with van der Waals surface area (Å²) in [4.78, 5) is 14.4. The van der Waals surface area contributed by atoms with Crippen molar-refractivity contribution >= 4 is 11.6 Å². The van der Waals surface area contributed by atoms with E-state index in [0.29, 0.717) is 25.5 Å². The molecule has 2 aromatic rings. The van der Waals surface area contributed by atoms with E-state index in [0.717, 1.165) is 22.7 Å². The maximum absolute atomic E-state index is 12.7. The largest absolute Gasteiger partial charge is 0.497 e. The van der Waals surface area contributed by atoms with Gasteiger partial charge in [0.25, 0.3) is 0 Å². The Morgan fingerprint density at radius 1 is 1.45 bits per heavy atom. The van der Waals surface area contributed by atoms with E-state index >= 15 is 0 Å². The molecule has 1 aromatic carbocycles. The van der Waals surface area contributed by atoms with Crippen LogP contribution in [0.5, 0.6) is 11.6 Å². The monoisotopic (exact) mass is 301 g/mol. The van der Waals surface area contributed by atoms with Gasteiger partial charge in [-0.2, -0.15) is 5.10 Å². The van der Waals surface area contributed by atoms with Gasteiger partial charge in [0, 0.05) is 7.05 Å². The summed E-state index contributed by atoms with van der Waals surface area (Å²) >= 11 is 0. The number of hydrogen-bond acceptors (Lipinski definition) is 4. The zero-order valence-corrected chi connectivity index (χ0v) is 13.0. The molecular formula is C16H19N3O3. The molecule has 0 atom stereocenters. The van der Waals surface area contributed by atoms with E-state index in [4.69, 9.17) is 9.47 Å². The Bertz CT molecular complexity index is 709. The van der Waals surface area contributed by atoms with Crippen molar-refractivity contribution in [3.8, 4) is 11.6 Å². The third-order valence-corrected chi connectivity index (χ3v) is 3.75. The van der Waals surface area contributed by atoms with E-state index in [1.807, 2.05) is 38.2 Å². The fourth-order valence-electron chi connectivity index (χ4n) is 2.75. The summed E-state index contributed by atoms with van der Waals surface area (Å²) in [6.07, 6.45) is 0.324. The molecule has 3 rings (SSSR count). The highest BCUT2D eigenvalue weighted by atomic mass is 16.5. The molecule has 1 aromatic heterocycles. The Morgan fingerprint density at radius 3 is 3.05 bits per heavy atom. The summed E-state index contributed by atoms with van der Waals surface area (Å²) in [7, 11) is 3.44. The molecule has 22 heavy (non-hydrogen) atoms. The first-order valence-corrected chi connectivity index (χ1v) is 7.20.